The van der Waals surface area contributed by atoms with Gasteiger partial charge in [0, 0.05) is 5.56 Å². The summed E-state index contributed by atoms with van der Waals surface area (Å²) in [6.45, 7) is 7.82. The molecule has 2 aromatic rings. The second kappa shape index (κ2) is 12.8. The zero-order valence-corrected chi connectivity index (χ0v) is 21.3. The maximum atomic E-state index is 12.9. The molecule has 1 amide bonds. The highest BCUT2D eigenvalue weighted by atomic mass is 35.5. The largest absolute Gasteiger partial charge is 0.490 e. The molecule has 0 spiro atoms. The number of halogens is 2. The molecule has 0 saturated carbocycles. The molecule has 180 valence electrons. The minimum Gasteiger partial charge on any atom is -0.490 e. The molecule has 1 aromatic heterocycles. The monoisotopic (exact) mass is 515 g/mol. The highest BCUT2D eigenvalue weighted by Gasteiger charge is 2.28. The molecule has 7 nitrogen and oxygen atoms in total. The van der Waals surface area contributed by atoms with Crippen molar-refractivity contribution >= 4 is 57.4 Å². The molecular weight excluding hydrogens is 489 g/mol. The van der Waals surface area contributed by atoms with E-state index in [0.29, 0.717) is 17.9 Å². The Bertz CT molecular complexity index is 998. The molecule has 0 radical (unpaired) electrons. The normalized spacial score (nSPS) is 10.6. The first-order chi connectivity index (χ1) is 15.7. The molecule has 0 aliphatic carbocycles. The standard InChI is InChI=1S/C23H27Cl2NO6S/c1-5-8-9-10-32-18-15(24)11-14(12-16(18)25)20(27)26-21-17(22(28)30-6-2)13(4)19(33-21)23(29)31-7-3/h11-12H,5-10H2,1-4H3,(H,26,27). The van der Waals surface area contributed by atoms with Crippen LogP contribution in [0.2, 0.25) is 10.0 Å². The van der Waals surface area contributed by atoms with Gasteiger partial charge in [-0.15, -0.1) is 11.3 Å². The first-order valence-electron chi connectivity index (χ1n) is 10.7. The van der Waals surface area contributed by atoms with Gasteiger partial charge in [0.2, 0.25) is 0 Å². The zero-order valence-electron chi connectivity index (χ0n) is 19.0. The molecule has 10 heteroatoms. The summed E-state index contributed by atoms with van der Waals surface area (Å²) in [6.07, 6.45) is 2.94. The van der Waals surface area contributed by atoms with Crippen molar-refractivity contribution in [3.63, 3.8) is 0 Å². The number of unbranched alkanes of at least 4 members (excludes halogenated alkanes) is 2. The molecular formula is C23H27Cl2NO6S. The quantitative estimate of drug-likeness (QED) is 0.270. The van der Waals surface area contributed by atoms with Crippen LogP contribution in [0.3, 0.4) is 0 Å². The van der Waals surface area contributed by atoms with Crippen molar-refractivity contribution in [2.75, 3.05) is 25.1 Å². The molecule has 33 heavy (non-hydrogen) atoms. The zero-order chi connectivity index (χ0) is 24.5. The second-order valence-electron chi connectivity index (χ2n) is 6.98. The van der Waals surface area contributed by atoms with E-state index in [0.717, 1.165) is 30.6 Å². The van der Waals surface area contributed by atoms with Crippen LogP contribution in [0, 0.1) is 6.92 Å². The van der Waals surface area contributed by atoms with E-state index in [2.05, 4.69) is 12.2 Å². The Morgan fingerprint density at radius 1 is 0.970 bits per heavy atom. The number of anilines is 1. The molecule has 0 aliphatic heterocycles. The van der Waals surface area contributed by atoms with Crippen LogP contribution >= 0.6 is 34.5 Å². The van der Waals surface area contributed by atoms with Crippen molar-refractivity contribution in [2.45, 2.75) is 47.0 Å². The molecule has 0 atom stereocenters. The fourth-order valence-electron chi connectivity index (χ4n) is 2.97. The number of thiophene rings is 1. The molecule has 0 aliphatic rings. The number of nitrogens with one attached hydrogen (secondary N) is 1. The molecule has 0 fully saturated rings. The highest BCUT2D eigenvalue weighted by Crippen LogP contribution is 2.37. The topological polar surface area (TPSA) is 90.9 Å². The Labute approximate surface area is 207 Å². The summed E-state index contributed by atoms with van der Waals surface area (Å²) in [5.41, 5.74) is 0.648. The van der Waals surface area contributed by atoms with Gasteiger partial charge in [-0.1, -0.05) is 43.0 Å². The smallest absolute Gasteiger partial charge is 0.348 e. The lowest BCUT2D eigenvalue weighted by Gasteiger charge is -2.12. The molecule has 2 rings (SSSR count). The van der Waals surface area contributed by atoms with E-state index in [9.17, 15) is 14.4 Å². The third kappa shape index (κ3) is 6.85. The maximum Gasteiger partial charge on any atom is 0.348 e. The Morgan fingerprint density at radius 2 is 1.58 bits per heavy atom. The molecule has 1 aromatic carbocycles. The van der Waals surface area contributed by atoms with E-state index in [1.807, 2.05) is 0 Å². The molecule has 1 N–H and O–H groups in total. The number of amides is 1. The van der Waals surface area contributed by atoms with E-state index >= 15 is 0 Å². The summed E-state index contributed by atoms with van der Waals surface area (Å²) >= 11 is 13.5. The predicted molar refractivity (Wildman–Crippen MR) is 130 cm³/mol. The van der Waals surface area contributed by atoms with Crippen molar-refractivity contribution in [2.24, 2.45) is 0 Å². The van der Waals surface area contributed by atoms with Gasteiger partial charge in [-0.3, -0.25) is 4.79 Å². The number of carbonyl (C=O) groups is 3. The van der Waals surface area contributed by atoms with E-state index in [-0.39, 0.29) is 44.3 Å². The summed E-state index contributed by atoms with van der Waals surface area (Å²) in [7, 11) is 0. The average Bonchev–Trinajstić information content (AvgIpc) is 3.08. The Kier molecular flexibility index (Phi) is 10.5. The number of carbonyl (C=O) groups excluding carboxylic acids is 3. The Hall–Kier alpha value is -2.29. The van der Waals surface area contributed by atoms with Crippen LogP contribution in [0.15, 0.2) is 12.1 Å². The van der Waals surface area contributed by atoms with Gasteiger partial charge >= 0.3 is 11.9 Å². The minimum absolute atomic E-state index is 0.103. The number of hydrogen-bond donors (Lipinski definition) is 1. The number of rotatable bonds is 11. The Balaban J connectivity index is 2.32. The Morgan fingerprint density at radius 3 is 2.15 bits per heavy atom. The van der Waals surface area contributed by atoms with Crippen molar-refractivity contribution < 1.29 is 28.6 Å². The third-order valence-corrected chi connectivity index (χ3v) is 6.32. The van der Waals surface area contributed by atoms with E-state index in [1.54, 1.807) is 20.8 Å². The number of hydrogen-bond acceptors (Lipinski definition) is 7. The van der Waals surface area contributed by atoms with Gasteiger partial charge in [-0.05, 0) is 44.9 Å². The third-order valence-electron chi connectivity index (χ3n) is 4.57. The van der Waals surface area contributed by atoms with Crippen LogP contribution < -0.4 is 10.1 Å². The van der Waals surface area contributed by atoms with Gasteiger partial charge in [0.05, 0.1) is 35.4 Å². The number of ether oxygens (including phenoxy) is 3. The fourth-order valence-corrected chi connectivity index (χ4v) is 4.65. The van der Waals surface area contributed by atoms with Crippen LogP contribution in [0.5, 0.6) is 5.75 Å². The molecule has 0 saturated heterocycles. The first-order valence-corrected chi connectivity index (χ1v) is 12.2. The van der Waals surface area contributed by atoms with Crippen molar-refractivity contribution in [1.82, 2.24) is 0 Å². The van der Waals surface area contributed by atoms with Gasteiger partial charge in [0.1, 0.15) is 9.88 Å². The van der Waals surface area contributed by atoms with Gasteiger partial charge < -0.3 is 19.5 Å². The summed E-state index contributed by atoms with van der Waals surface area (Å²) < 4.78 is 15.8. The van der Waals surface area contributed by atoms with Crippen LogP contribution in [0.1, 0.15) is 76.0 Å². The fraction of sp³-hybridized carbons (Fsp3) is 0.435. The van der Waals surface area contributed by atoms with Crippen LogP contribution in [0.4, 0.5) is 5.00 Å². The number of benzene rings is 1. The average molecular weight is 516 g/mol. The lowest BCUT2D eigenvalue weighted by atomic mass is 10.1. The number of esters is 2. The highest BCUT2D eigenvalue weighted by molar-refractivity contribution is 7.18. The van der Waals surface area contributed by atoms with E-state index < -0.39 is 17.8 Å². The maximum absolute atomic E-state index is 12.9. The summed E-state index contributed by atoms with van der Waals surface area (Å²) in [5.74, 6) is -1.47. The van der Waals surface area contributed by atoms with Gasteiger partial charge in [0.25, 0.3) is 5.91 Å². The molecule has 0 bridgehead atoms. The molecule has 1 heterocycles. The minimum atomic E-state index is -0.649. The van der Waals surface area contributed by atoms with Gasteiger partial charge in [0.15, 0.2) is 5.75 Å². The summed E-state index contributed by atoms with van der Waals surface area (Å²) in [4.78, 5) is 38.0. The van der Waals surface area contributed by atoms with Crippen LogP contribution in [-0.2, 0) is 9.47 Å². The lowest BCUT2D eigenvalue weighted by molar-refractivity contribution is 0.0527. The van der Waals surface area contributed by atoms with Crippen molar-refractivity contribution in [1.29, 1.82) is 0 Å². The van der Waals surface area contributed by atoms with Crippen molar-refractivity contribution in [3.05, 3.63) is 43.7 Å². The van der Waals surface area contributed by atoms with E-state index in [1.165, 1.54) is 12.1 Å². The summed E-state index contributed by atoms with van der Waals surface area (Å²) in [5, 5.41) is 3.24. The van der Waals surface area contributed by atoms with Gasteiger partial charge in [-0.2, -0.15) is 0 Å². The second-order valence-corrected chi connectivity index (χ2v) is 8.81. The van der Waals surface area contributed by atoms with Crippen LogP contribution in [0.25, 0.3) is 0 Å². The van der Waals surface area contributed by atoms with Gasteiger partial charge in [-0.25, -0.2) is 9.59 Å². The molecule has 0 unspecified atom stereocenters. The predicted octanol–water partition coefficient (Wildman–Crippen LogP) is 6.54. The van der Waals surface area contributed by atoms with Crippen LogP contribution in [-0.4, -0.2) is 37.7 Å². The van der Waals surface area contributed by atoms with Crippen molar-refractivity contribution in [3.8, 4) is 5.75 Å². The SMILES string of the molecule is CCCCCOc1c(Cl)cc(C(=O)Nc2sc(C(=O)OCC)c(C)c2C(=O)OCC)cc1Cl. The summed E-state index contributed by atoms with van der Waals surface area (Å²) in [6, 6.07) is 2.88. The first kappa shape index (κ1) is 27.0. The van der Waals surface area contributed by atoms with E-state index in [4.69, 9.17) is 37.4 Å². The lowest BCUT2D eigenvalue weighted by Crippen LogP contribution is -2.15.